The molecule has 4 fully saturated rings. The summed E-state index contributed by atoms with van der Waals surface area (Å²) < 4.78 is 72.9. The minimum atomic E-state index is -2.74. The molecule has 2 bridgehead atoms. The summed E-state index contributed by atoms with van der Waals surface area (Å²) in [5.74, 6) is -1.83. The quantitative estimate of drug-likeness (QED) is 0.137. The summed E-state index contributed by atoms with van der Waals surface area (Å²) >= 11 is 0. The average molecular weight is 729 g/mol. The number of carbonyl (C=O) groups is 1. The highest BCUT2D eigenvalue weighted by Crippen LogP contribution is 2.68. The molecule has 4 aliphatic heterocycles. The van der Waals surface area contributed by atoms with Gasteiger partial charge in [0.05, 0.1) is 40.1 Å². The largest absolute Gasteiger partial charge is 0.508 e. The number of phenols is 1. The molecule has 0 unspecified atom stereocenters. The summed E-state index contributed by atoms with van der Waals surface area (Å²) in [6.07, 6.45) is 11.8. The molecule has 4 aromatic rings. The SMILES string of the molecule is C#Cc1c(F)ccc2cc(O)cc(-c3ncc4c(N5C[C@H]6CC[C@@H](C5)N6C(=O)OC(C)C)nc(OC[C@]56C=CCN5C[C@@]5(CC5(F)F)C6)nc4c3F)c12. The number of fused-ring (bicyclic) bond motifs is 5. The van der Waals surface area contributed by atoms with Crippen LogP contribution in [0.25, 0.3) is 32.9 Å². The van der Waals surface area contributed by atoms with E-state index >= 15 is 4.39 Å². The number of terminal acetylenes is 1. The maximum Gasteiger partial charge on any atom is 0.410 e. The lowest BCUT2D eigenvalue weighted by molar-refractivity contribution is 0.0571. The molecule has 14 heteroatoms. The number of pyridine rings is 1. The first-order valence-corrected chi connectivity index (χ1v) is 17.8. The first-order chi connectivity index (χ1) is 25.3. The van der Waals surface area contributed by atoms with Gasteiger partial charge in [0.15, 0.2) is 5.82 Å². The molecule has 10 nitrogen and oxygen atoms in total. The van der Waals surface area contributed by atoms with Crippen molar-refractivity contribution < 1.29 is 36.9 Å². The fraction of sp³-hybridized carbons (Fsp3) is 0.436. The maximum atomic E-state index is 17.1. The summed E-state index contributed by atoms with van der Waals surface area (Å²) in [7, 11) is 0. The summed E-state index contributed by atoms with van der Waals surface area (Å²) in [5.41, 5.74) is -2.31. The average Bonchev–Trinajstić information content (AvgIpc) is 3.38. The molecule has 6 heterocycles. The van der Waals surface area contributed by atoms with Crippen molar-refractivity contribution in [2.45, 2.75) is 69.2 Å². The minimum absolute atomic E-state index is 0.0338. The number of hydrogen-bond acceptors (Lipinski definition) is 9. The van der Waals surface area contributed by atoms with Crippen molar-refractivity contribution >= 4 is 33.6 Å². The van der Waals surface area contributed by atoms with Crippen LogP contribution in [0.2, 0.25) is 0 Å². The normalized spacial score (nSPS) is 26.9. The van der Waals surface area contributed by atoms with Gasteiger partial charge in [-0.05, 0) is 56.7 Å². The van der Waals surface area contributed by atoms with Crippen LogP contribution in [0, 0.1) is 29.4 Å². The van der Waals surface area contributed by atoms with Crippen LogP contribution in [-0.4, -0.2) is 98.4 Å². The van der Waals surface area contributed by atoms with Crippen LogP contribution in [0.5, 0.6) is 11.8 Å². The predicted molar refractivity (Wildman–Crippen MR) is 188 cm³/mol. The van der Waals surface area contributed by atoms with Gasteiger partial charge in [-0.25, -0.2) is 22.4 Å². The van der Waals surface area contributed by atoms with Crippen molar-refractivity contribution in [3.8, 4) is 35.4 Å². The topological polar surface area (TPSA) is 104 Å². The van der Waals surface area contributed by atoms with Crippen molar-refractivity contribution in [1.82, 2.24) is 24.8 Å². The molecular weight excluding hydrogens is 692 g/mol. The molecule has 0 radical (unpaired) electrons. The molecule has 1 saturated carbocycles. The third-order valence-corrected chi connectivity index (χ3v) is 11.6. The Morgan fingerprint density at radius 3 is 2.58 bits per heavy atom. The number of phenolic OH excluding ortho intramolecular Hbond substituents is 1. The Hall–Kier alpha value is -5.16. The van der Waals surface area contributed by atoms with Gasteiger partial charge in [-0.1, -0.05) is 24.1 Å². The molecule has 53 heavy (non-hydrogen) atoms. The second-order valence-corrected chi connectivity index (χ2v) is 15.3. The highest BCUT2D eigenvalue weighted by atomic mass is 19.3. The van der Waals surface area contributed by atoms with Gasteiger partial charge in [0.25, 0.3) is 5.92 Å². The van der Waals surface area contributed by atoms with Crippen LogP contribution in [0.15, 0.2) is 42.6 Å². The lowest BCUT2D eigenvalue weighted by Gasteiger charge is -2.41. The third-order valence-electron chi connectivity index (χ3n) is 11.6. The van der Waals surface area contributed by atoms with E-state index in [1.807, 2.05) is 22.0 Å². The molecule has 1 aliphatic carbocycles. The van der Waals surface area contributed by atoms with Crippen LogP contribution in [0.1, 0.15) is 45.1 Å². The summed E-state index contributed by atoms with van der Waals surface area (Å²) in [4.78, 5) is 32.6. The zero-order valence-electron chi connectivity index (χ0n) is 29.1. The first-order valence-electron chi connectivity index (χ1n) is 17.8. The molecule has 2 aromatic heterocycles. The molecule has 3 saturated heterocycles. The number of aromatic hydroxyl groups is 1. The Morgan fingerprint density at radius 1 is 1.13 bits per heavy atom. The van der Waals surface area contributed by atoms with Gasteiger partial charge >= 0.3 is 12.1 Å². The van der Waals surface area contributed by atoms with Gasteiger partial charge in [-0.3, -0.25) is 14.8 Å². The van der Waals surface area contributed by atoms with Crippen LogP contribution in [0.3, 0.4) is 0 Å². The number of benzene rings is 2. The summed E-state index contributed by atoms with van der Waals surface area (Å²) in [6.45, 7) is 5.07. The second-order valence-electron chi connectivity index (χ2n) is 15.3. The van der Waals surface area contributed by atoms with Crippen LogP contribution < -0.4 is 9.64 Å². The Bertz CT molecular complexity index is 2280. The molecule has 4 atom stereocenters. The smallest absolute Gasteiger partial charge is 0.410 e. The molecule has 1 N–H and O–H groups in total. The monoisotopic (exact) mass is 728 g/mol. The number of amides is 1. The molecular formula is C39H36F4N6O4. The fourth-order valence-corrected chi connectivity index (χ4v) is 9.11. The van der Waals surface area contributed by atoms with Crippen molar-refractivity contribution in [3.63, 3.8) is 0 Å². The van der Waals surface area contributed by atoms with Gasteiger partial charge in [-0.15, -0.1) is 6.42 Å². The molecule has 1 amide bonds. The van der Waals surface area contributed by atoms with E-state index in [1.54, 1.807) is 18.7 Å². The highest BCUT2D eigenvalue weighted by molar-refractivity contribution is 6.03. The standard InChI is InChI=1S/C39H36F4N6O4/c1-4-26-29(40)9-6-22-12-25(50)13-27(30(22)26)32-31(41)33-28(14-44-32)34(47-15-23-7-8-24(16-47)49(23)36(51)53-21(2)3)46-35(45-33)52-20-38-10-5-11-48(38)19-37(17-38)18-39(37,42)43/h1,5-6,9-10,12-14,21,23-24,50H,7-8,11,15-20H2,2-3H3/t23-,24+,37-,38+/m0/s1. The zero-order chi connectivity index (χ0) is 37.0. The van der Waals surface area contributed by atoms with Gasteiger partial charge < -0.3 is 19.5 Å². The Labute approximate surface area is 302 Å². The van der Waals surface area contributed by atoms with Crippen LogP contribution in [0.4, 0.5) is 28.2 Å². The molecule has 1 spiro atoms. The van der Waals surface area contributed by atoms with E-state index in [2.05, 4.69) is 15.9 Å². The first kappa shape index (κ1) is 33.7. The van der Waals surface area contributed by atoms with Gasteiger partial charge in [0.2, 0.25) is 0 Å². The Morgan fingerprint density at radius 2 is 1.89 bits per heavy atom. The van der Waals surface area contributed by atoms with Crippen molar-refractivity contribution in [3.05, 3.63) is 59.8 Å². The van der Waals surface area contributed by atoms with Crippen molar-refractivity contribution in [2.24, 2.45) is 5.41 Å². The minimum Gasteiger partial charge on any atom is -0.508 e. The highest BCUT2D eigenvalue weighted by Gasteiger charge is 2.76. The number of rotatable bonds is 6. The van der Waals surface area contributed by atoms with E-state index in [4.69, 9.17) is 20.9 Å². The van der Waals surface area contributed by atoms with Gasteiger partial charge in [-0.2, -0.15) is 9.97 Å². The van der Waals surface area contributed by atoms with E-state index in [-0.39, 0.29) is 95.1 Å². The molecule has 274 valence electrons. The van der Waals surface area contributed by atoms with Crippen LogP contribution >= 0.6 is 0 Å². The Kier molecular flexibility index (Phi) is 7.41. The van der Waals surface area contributed by atoms with Gasteiger partial charge in [0, 0.05) is 49.7 Å². The number of carbonyl (C=O) groups excluding carboxylic acids is 1. The number of nitrogens with zero attached hydrogens (tertiary/aromatic N) is 6. The number of alkyl halides is 2. The molecule has 2 aromatic carbocycles. The summed E-state index contributed by atoms with van der Waals surface area (Å²) in [5, 5.41) is 11.5. The maximum absolute atomic E-state index is 17.1. The second kappa shape index (κ2) is 11.7. The fourth-order valence-electron chi connectivity index (χ4n) is 9.11. The van der Waals surface area contributed by atoms with Crippen molar-refractivity contribution in [2.75, 3.05) is 37.7 Å². The number of anilines is 1. The van der Waals surface area contributed by atoms with E-state index < -0.39 is 28.5 Å². The number of halogens is 4. The Balaban J connectivity index is 1.14. The van der Waals surface area contributed by atoms with Crippen LogP contribution in [-0.2, 0) is 4.74 Å². The number of piperazine rings is 1. The predicted octanol–water partition coefficient (Wildman–Crippen LogP) is 6.43. The lowest BCUT2D eigenvalue weighted by Crippen LogP contribution is -2.56. The zero-order valence-corrected chi connectivity index (χ0v) is 29.1. The number of hydrogen-bond donors (Lipinski definition) is 1. The van der Waals surface area contributed by atoms with Gasteiger partial charge in [0.1, 0.15) is 35.2 Å². The lowest BCUT2D eigenvalue weighted by atomic mass is 9.91. The third kappa shape index (κ3) is 5.18. The van der Waals surface area contributed by atoms with E-state index in [1.165, 1.54) is 30.5 Å². The molecule has 9 rings (SSSR count). The van der Waals surface area contributed by atoms with Crippen molar-refractivity contribution in [1.29, 1.82) is 0 Å². The molecule has 5 aliphatic rings. The van der Waals surface area contributed by atoms with E-state index in [0.717, 1.165) is 12.8 Å². The van der Waals surface area contributed by atoms with E-state index in [9.17, 15) is 23.1 Å². The number of ether oxygens (including phenoxy) is 2. The summed E-state index contributed by atoms with van der Waals surface area (Å²) in [6, 6.07) is 4.76. The number of aromatic nitrogens is 3. The van der Waals surface area contributed by atoms with E-state index in [0.29, 0.717) is 30.8 Å².